The van der Waals surface area contributed by atoms with Gasteiger partial charge in [0.25, 0.3) is 0 Å². The molecule has 2 atom stereocenters. The molecule has 0 amide bonds. The van der Waals surface area contributed by atoms with Gasteiger partial charge in [0.15, 0.2) is 0 Å². The largest absolute Gasteiger partial charge is 0.0887 e. The lowest BCUT2D eigenvalue weighted by atomic mass is 9.94. The van der Waals surface area contributed by atoms with Crippen LogP contribution < -0.4 is 0 Å². The number of hydrogen-bond acceptors (Lipinski definition) is 0. The van der Waals surface area contributed by atoms with E-state index in [1.165, 1.54) is 12.0 Å². The summed E-state index contributed by atoms with van der Waals surface area (Å²) in [7, 11) is 0. The molecule has 0 bridgehead atoms. The summed E-state index contributed by atoms with van der Waals surface area (Å²) >= 11 is 7.09. The maximum Gasteiger partial charge on any atom is 0.0186 e. The molecule has 1 aromatic rings. The topological polar surface area (TPSA) is 0 Å². The van der Waals surface area contributed by atoms with Crippen molar-refractivity contribution in [2.45, 2.75) is 31.0 Å². The third kappa shape index (κ3) is 3.10. The summed E-state index contributed by atoms with van der Waals surface area (Å²) in [6.07, 6.45) is 1.17. The van der Waals surface area contributed by atoms with Gasteiger partial charge in [0.05, 0.1) is 0 Å². The van der Waals surface area contributed by atoms with Crippen molar-refractivity contribution >= 4 is 31.9 Å². The van der Waals surface area contributed by atoms with Crippen LogP contribution in [0.15, 0.2) is 28.7 Å². The van der Waals surface area contributed by atoms with E-state index in [1.54, 1.807) is 0 Å². The van der Waals surface area contributed by atoms with Crippen molar-refractivity contribution in [2.24, 2.45) is 0 Å². The van der Waals surface area contributed by atoms with E-state index in [0.29, 0.717) is 10.7 Å². The van der Waals surface area contributed by atoms with Gasteiger partial charge in [-0.2, -0.15) is 0 Å². The Morgan fingerprint density at radius 2 is 1.77 bits per heavy atom. The van der Waals surface area contributed by atoms with Crippen molar-refractivity contribution in [3.63, 3.8) is 0 Å². The Morgan fingerprint density at radius 3 is 2.15 bits per heavy atom. The lowest BCUT2D eigenvalue weighted by Gasteiger charge is -2.17. The van der Waals surface area contributed by atoms with Gasteiger partial charge in [0.1, 0.15) is 0 Å². The van der Waals surface area contributed by atoms with Crippen LogP contribution in [-0.4, -0.2) is 4.83 Å². The normalized spacial score (nSPS) is 15.4. The van der Waals surface area contributed by atoms with Gasteiger partial charge in [0, 0.05) is 9.30 Å². The van der Waals surface area contributed by atoms with Gasteiger partial charge >= 0.3 is 0 Å². The minimum absolute atomic E-state index is 0.540. The van der Waals surface area contributed by atoms with Crippen molar-refractivity contribution in [3.05, 3.63) is 34.3 Å². The van der Waals surface area contributed by atoms with Gasteiger partial charge in [-0.15, -0.1) is 0 Å². The zero-order valence-electron chi connectivity index (χ0n) is 7.93. The third-order valence-electron chi connectivity index (χ3n) is 2.29. The first-order chi connectivity index (χ1) is 6.15. The highest BCUT2D eigenvalue weighted by Gasteiger charge is 2.14. The van der Waals surface area contributed by atoms with Crippen LogP contribution in [0.3, 0.4) is 0 Å². The Labute approximate surface area is 97.0 Å². The lowest BCUT2D eigenvalue weighted by molar-refractivity contribution is 0.663. The van der Waals surface area contributed by atoms with Crippen molar-refractivity contribution in [1.82, 2.24) is 0 Å². The zero-order chi connectivity index (χ0) is 9.84. The fraction of sp³-hybridized carbons (Fsp3) is 0.455. The summed E-state index contributed by atoms with van der Waals surface area (Å²) in [4.78, 5) is 0.540. The molecule has 2 unspecified atom stereocenters. The summed E-state index contributed by atoms with van der Waals surface area (Å²) in [6, 6.07) is 8.59. The van der Waals surface area contributed by atoms with E-state index < -0.39 is 0 Å². The SMILES string of the molecule is CCC(c1ccc(Br)cc1)C(C)Br. The molecular weight excluding hydrogens is 292 g/mol. The third-order valence-corrected chi connectivity index (χ3v) is 3.46. The smallest absolute Gasteiger partial charge is 0.0186 e. The first kappa shape index (κ1) is 11.3. The van der Waals surface area contributed by atoms with Crippen molar-refractivity contribution < 1.29 is 0 Å². The second kappa shape index (κ2) is 5.16. The Bertz CT molecular complexity index is 251. The molecule has 0 aliphatic heterocycles. The van der Waals surface area contributed by atoms with Crippen molar-refractivity contribution in [3.8, 4) is 0 Å². The maximum atomic E-state index is 3.64. The summed E-state index contributed by atoms with van der Waals surface area (Å²) in [5.41, 5.74) is 1.41. The molecule has 1 rings (SSSR count). The molecule has 0 spiro atoms. The highest BCUT2D eigenvalue weighted by Crippen LogP contribution is 2.28. The van der Waals surface area contributed by atoms with Crippen LogP contribution in [0.2, 0.25) is 0 Å². The molecule has 1 aromatic carbocycles. The molecular formula is C11H14Br2. The van der Waals surface area contributed by atoms with Gasteiger partial charge in [-0.25, -0.2) is 0 Å². The summed E-state index contributed by atoms with van der Waals surface area (Å²) in [5.74, 6) is 0.619. The summed E-state index contributed by atoms with van der Waals surface area (Å²) in [5, 5.41) is 0. The minimum Gasteiger partial charge on any atom is -0.0887 e. The van der Waals surface area contributed by atoms with Crippen molar-refractivity contribution in [1.29, 1.82) is 0 Å². The Kier molecular flexibility index (Phi) is 4.47. The second-order valence-corrected chi connectivity index (χ2v) is 5.60. The van der Waals surface area contributed by atoms with Crippen LogP contribution in [0.25, 0.3) is 0 Å². The number of alkyl halides is 1. The molecule has 0 saturated heterocycles. The molecule has 0 heterocycles. The number of hydrogen-bond donors (Lipinski definition) is 0. The molecule has 0 aliphatic rings. The van der Waals surface area contributed by atoms with Gasteiger partial charge in [-0.3, -0.25) is 0 Å². The first-order valence-corrected chi connectivity index (χ1v) is 6.25. The molecule has 0 aromatic heterocycles. The van der Waals surface area contributed by atoms with Gasteiger partial charge < -0.3 is 0 Å². The molecule has 0 radical (unpaired) electrons. The Hall–Kier alpha value is 0.180. The maximum absolute atomic E-state index is 3.64. The molecule has 0 saturated carbocycles. The highest BCUT2D eigenvalue weighted by molar-refractivity contribution is 9.10. The number of halogens is 2. The monoisotopic (exact) mass is 304 g/mol. The van der Waals surface area contributed by atoms with Crippen LogP contribution in [0.1, 0.15) is 31.7 Å². The minimum atomic E-state index is 0.540. The predicted octanol–water partition coefficient (Wildman–Crippen LogP) is 4.73. The lowest BCUT2D eigenvalue weighted by Crippen LogP contribution is -2.07. The summed E-state index contributed by atoms with van der Waals surface area (Å²) < 4.78 is 1.15. The molecule has 0 nitrogen and oxygen atoms in total. The summed E-state index contributed by atoms with van der Waals surface area (Å²) in [6.45, 7) is 4.43. The fourth-order valence-electron chi connectivity index (χ4n) is 1.54. The van der Waals surface area contributed by atoms with Gasteiger partial charge in [-0.1, -0.05) is 57.8 Å². The standard InChI is InChI=1S/C11H14Br2/c1-3-11(8(2)12)9-4-6-10(13)7-5-9/h4-8,11H,3H2,1-2H3. The fourth-order valence-corrected chi connectivity index (χ4v) is 2.48. The predicted molar refractivity (Wildman–Crippen MR) is 65.6 cm³/mol. The van der Waals surface area contributed by atoms with E-state index in [9.17, 15) is 0 Å². The average Bonchev–Trinajstić information content (AvgIpc) is 2.09. The highest BCUT2D eigenvalue weighted by atomic mass is 79.9. The van der Waals surface area contributed by atoms with Crippen LogP contribution in [0, 0.1) is 0 Å². The first-order valence-electron chi connectivity index (χ1n) is 4.54. The van der Waals surface area contributed by atoms with E-state index >= 15 is 0 Å². The van der Waals surface area contributed by atoms with Gasteiger partial charge in [0.2, 0.25) is 0 Å². The molecule has 2 heteroatoms. The molecule has 0 fully saturated rings. The van der Waals surface area contributed by atoms with Crippen LogP contribution in [0.4, 0.5) is 0 Å². The molecule has 13 heavy (non-hydrogen) atoms. The zero-order valence-corrected chi connectivity index (χ0v) is 11.1. The van der Waals surface area contributed by atoms with E-state index in [0.717, 1.165) is 4.47 Å². The van der Waals surface area contributed by atoms with E-state index in [1.807, 2.05) is 0 Å². The van der Waals surface area contributed by atoms with E-state index in [2.05, 4.69) is 70.0 Å². The molecule has 72 valence electrons. The second-order valence-electron chi connectivity index (χ2n) is 3.24. The van der Waals surface area contributed by atoms with Crippen LogP contribution >= 0.6 is 31.9 Å². The van der Waals surface area contributed by atoms with Crippen LogP contribution in [-0.2, 0) is 0 Å². The van der Waals surface area contributed by atoms with E-state index in [4.69, 9.17) is 0 Å². The molecule has 0 aliphatic carbocycles. The van der Waals surface area contributed by atoms with Crippen LogP contribution in [0.5, 0.6) is 0 Å². The Morgan fingerprint density at radius 1 is 1.23 bits per heavy atom. The quantitative estimate of drug-likeness (QED) is 0.708. The average molecular weight is 306 g/mol. The number of benzene rings is 1. The molecule has 0 N–H and O–H groups in total. The number of rotatable bonds is 3. The Balaban J connectivity index is 2.86. The van der Waals surface area contributed by atoms with E-state index in [-0.39, 0.29) is 0 Å². The van der Waals surface area contributed by atoms with Crippen molar-refractivity contribution in [2.75, 3.05) is 0 Å². The van der Waals surface area contributed by atoms with Gasteiger partial charge in [-0.05, 0) is 30.0 Å².